The molecule has 2 aromatic carbocycles. The van der Waals surface area contributed by atoms with E-state index in [2.05, 4.69) is 29.8 Å². The number of benzene rings is 2. The van der Waals surface area contributed by atoms with Crippen molar-refractivity contribution in [2.75, 3.05) is 49.5 Å². The predicted octanol–water partition coefficient (Wildman–Crippen LogP) is 4.00. The lowest BCUT2D eigenvalue weighted by atomic mass is 10.1. The first-order valence-electron chi connectivity index (χ1n) is 10.5. The standard InChI is InChI=1S/C22H23ClF2N6OS/c23-16-3-1-15(2-4-16)13-20-28-22(33-29-20)31-11-9-30(10-12-31)8-7-26-21(32)27-17-5-6-18(24)19(25)14-17/h1-6,14H,7-13H2,(H2,26,27,32). The first-order valence-corrected chi connectivity index (χ1v) is 11.7. The van der Waals surface area contributed by atoms with Crippen molar-refractivity contribution in [2.24, 2.45) is 0 Å². The predicted molar refractivity (Wildman–Crippen MR) is 126 cm³/mol. The maximum atomic E-state index is 13.2. The summed E-state index contributed by atoms with van der Waals surface area (Å²) in [5.74, 6) is -1.15. The zero-order valence-electron chi connectivity index (χ0n) is 17.7. The second-order valence-corrected chi connectivity index (χ2v) is 8.80. The SMILES string of the molecule is O=C(NCCN1CCN(c2nc(Cc3ccc(Cl)cc3)ns2)CC1)Nc1ccc(F)c(F)c1. The highest BCUT2D eigenvalue weighted by Gasteiger charge is 2.20. The van der Waals surface area contributed by atoms with Crippen LogP contribution in [-0.4, -0.2) is 59.6 Å². The van der Waals surface area contributed by atoms with Crippen LogP contribution in [0.1, 0.15) is 11.4 Å². The molecule has 0 spiro atoms. The third-order valence-electron chi connectivity index (χ3n) is 5.27. The lowest BCUT2D eigenvalue weighted by molar-refractivity contribution is 0.240. The van der Waals surface area contributed by atoms with Crippen LogP contribution in [0.25, 0.3) is 0 Å². The molecule has 2 amide bonds. The van der Waals surface area contributed by atoms with Crippen molar-refractivity contribution in [3.8, 4) is 0 Å². The van der Waals surface area contributed by atoms with Crippen LogP contribution in [0.4, 0.5) is 24.4 Å². The van der Waals surface area contributed by atoms with Crippen LogP contribution < -0.4 is 15.5 Å². The lowest BCUT2D eigenvalue weighted by Crippen LogP contribution is -2.48. The van der Waals surface area contributed by atoms with Crippen molar-refractivity contribution in [1.82, 2.24) is 19.6 Å². The molecule has 11 heteroatoms. The third kappa shape index (κ3) is 6.59. The fourth-order valence-corrected chi connectivity index (χ4v) is 4.33. The van der Waals surface area contributed by atoms with Gasteiger partial charge in [-0.05, 0) is 29.8 Å². The van der Waals surface area contributed by atoms with Crippen LogP contribution in [0.5, 0.6) is 0 Å². The molecule has 1 aliphatic rings. The van der Waals surface area contributed by atoms with Crippen LogP contribution >= 0.6 is 23.1 Å². The van der Waals surface area contributed by atoms with Crippen LogP contribution in [0.2, 0.25) is 5.02 Å². The van der Waals surface area contributed by atoms with Gasteiger partial charge < -0.3 is 15.5 Å². The third-order valence-corrected chi connectivity index (χ3v) is 6.33. The van der Waals surface area contributed by atoms with E-state index in [1.54, 1.807) is 0 Å². The normalized spacial score (nSPS) is 14.3. The molecule has 4 rings (SSSR count). The highest BCUT2D eigenvalue weighted by Crippen LogP contribution is 2.21. The molecular formula is C22H23ClF2N6OS. The first-order chi connectivity index (χ1) is 16.0. The smallest absolute Gasteiger partial charge is 0.319 e. The number of amides is 2. The van der Waals surface area contributed by atoms with Gasteiger partial charge in [-0.15, -0.1) is 0 Å². The van der Waals surface area contributed by atoms with Crippen LogP contribution in [0, 0.1) is 11.6 Å². The summed E-state index contributed by atoms with van der Waals surface area (Å²) >= 11 is 7.34. The topological polar surface area (TPSA) is 73.4 Å². The van der Waals surface area contributed by atoms with E-state index in [1.807, 2.05) is 24.3 Å². The highest BCUT2D eigenvalue weighted by molar-refractivity contribution is 7.09. The first kappa shape index (κ1) is 23.3. The van der Waals surface area contributed by atoms with Crippen molar-refractivity contribution >= 4 is 40.0 Å². The van der Waals surface area contributed by atoms with E-state index in [1.165, 1.54) is 17.6 Å². The summed E-state index contributed by atoms with van der Waals surface area (Å²) < 4.78 is 30.7. The van der Waals surface area contributed by atoms with Crippen molar-refractivity contribution in [2.45, 2.75) is 6.42 Å². The molecule has 0 saturated carbocycles. The zero-order valence-corrected chi connectivity index (χ0v) is 19.3. The van der Waals surface area contributed by atoms with Gasteiger partial charge in [-0.2, -0.15) is 4.37 Å². The van der Waals surface area contributed by atoms with Crippen LogP contribution in [-0.2, 0) is 6.42 Å². The highest BCUT2D eigenvalue weighted by atomic mass is 35.5. The number of carbonyl (C=O) groups excluding carboxylic acids is 1. The van der Waals surface area contributed by atoms with Gasteiger partial charge in [0.2, 0.25) is 5.13 Å². The van der Waals surface area contributed by atoms with E-state index in [0.717, 1.165) is 54.8 Å². The molecule has 3 aromatic rings. The molecule has 174 valence electrons. The summed E-state index contributed by atoms with van der Waals surface area (Å²) in [5.41, 5.74) is 1.32. The second-order valence-electron chi connectivity index (χ2n) is 7.63. The summed E-state index contributed by atoms with van der Waals surface area (Å²) in [6.07, 6.45) is 0.673. The van der Waals surface area contributed by atoms with Crippen molar-refractivity contribution < 1.29 is 13.6 Å². The number of carbonyl (C=O) groups is 1. The molecule has 2 N–H and O–H groups in total. The molecule has 0 atom stereocenters. The van der Waals surface area contributed by atoms with Crippen LogP contribution in [0.15, 0.2) is 42.5 Å². The molecule has 1 aliphatic heterocycles. The number of urea groups is 1. The number of nitrogens with zero attached hydrogens (tertiary/aromatic N) is 4. The Balaban J connectivity index is 1.17. The molecule has 1 aromatic heterocycles. The molecule has 0 unspecified atom stereocenters. The number of hydrogen-bond acceptors (Lipinski definition) is 6. The van der Waals surface area contributed by atoms with Crippen molar-refractivity contribution in [3.63, 3.8) is 0 Å². The monoisotopic (exact) mass is 492 g/mol. The van der Waals surface area contributed by atoms with Crippen LogP contribution in [0.3, 0.4) is 0 Å². The van der Waals surface area contributed by atoms with Crippen molar-refractivity contribution in [3.05, 3.63) is 70.5 Å². The Labute approximate surface area is 199 Å². The molecule has 2 heterocycles. The van der Waals surface area contributed by atoms with E-state index in [-0.39, 0.29) is 5.69 Å². The summed E-state index contributed by atoms with van der Waals surface area (Å²) in [6, 6.07) is 10.5. The maximum Gasteiger partial charge on any atom is 0.319 e. The fourth-order valence-electron chi connectivity index (χ4n) is 3.47. The van der Waals surface area contributed by atoms with E-state index < -0.39 is 17.7 Å². The number of anilines is 2. The molecule has 0 bridgehead atoms. The van der Waals surface area contributed by atoms with Gasteiger partial charge in [0.1, 0.15) is 5.82 Å². The Kier molecular flexibility index (Phi) is 7.69. The van der Waals surface area contributed by atoms with Gasteiger partial charge in [0.05, 0.1) is 0 Å². The average molecular weight is 493 g/mol. The zero-order chi connectivity index (χ0) is 23.2. The van der Waals surface area contributed by atoms with Gasteiger partial charge in [0.25, 0.3) is 0 Å². The maximum absolute atomic E-state index is 13.2. The minimum atomic E-state index is -1.00. The van der Waals surface area contributed by atoms with Gasteiger partial charge in [0.15, 0.2) is 11.6 Å². The molecule has 7 nitrogen and oxygen atoms in total. The number of nitrogens with one attached hydrogen (secondary N) is 2. The summed E-state index contributed by atoms with van der Waals surface area (Å²) in [7, 11) is 0. The number of hydrogen-bond donors (Lipinski definition) is 2. The number of piperazine rings is 1. The van der Waals surface area contributed by atoms with Crippen molar-refractivity contribution in [1.29, 1.82) is 0 Å². The van der Waals surface area contributed by atoms with Gasteiger partial charge in [0, 0.05) is 74.0 Å². The Morgan fingerprint density at radius 2 is 1.82 bits per heavy atom. The Morgan fingerprint density at radius 3 is 2.55 bits per heavy atom. The van der Waals surface area contributed by atoms with Gasteiger partial charge in [-0.25, -0.2) is 18.6 Å². The average Bonchev–Trinajstić information content (AvgIpc) is 3.27. The molecular weight excluding hydrogens is 470 g/mol. The quantitative estimate of drug-likeness (QED) is 0.521. The molecule has 1 saturated heterocycles. The Morgan fingerprint density at radius 1 is 1.06 bits per heavy atom. The van der Waals surface area contributed by atoms with E-state index >= 15 is 0 Å². The molecule has 33 heavy (non-hydrogen) atoms. The van der Waals surface area contributed by atoms with Gasteiger partial charge in [-0.1, -0.05) is 23.7 Å². The number of rotatable bonds is 7. The Bertz CT molecular complexity index is 1090. The summed E-state index contributed by atoms with van der Waals surface area (Å²) in [5, 5.41) is 6.86. The van der Waals surface area contributed by atoms with Gasteiger partial charge in [-0.3, -0.25) is 4.90 Å². The largest absolute Gasteiger partial charge is 0.344 e. The number of aromatic nitrogens is 2. The van der Waals surface area contributed by atoms with Gasteiger partial charge >= 0.3 is 6.03 Å². The van der Waals surface area contributed by atoms with E-state index in [9.17, 15) is 13.6 Å². The summed E-state index contributed by atoms with van der Waals surface area (Å²) in [6.45, 7) is 4.49. The summed E-state index contributed by atoms with van der Waals surface area (Å²) in [4.78, 5) is 21.1. The Hall–Kier alpha value is -2.82. The minimum Gasteiger partial charge on any atom is -0.344 e. The minimum absolute atomic E-state index is 0.201. The fraction of sp³-hybridized carbons (Fsp3) is 0.318. The second kappa shape index (κ2) is 10.9. The van der Waals surface area contributed by atoms with E-state index in [0.29, 0.717) is 24.5 Å². The molecule has 1 fully saturated rings. The molecule has 0 radical (unpaired) electrons. The number of halogens is 3. The molecule has 0 aliphatic carbocycles. The van der Waals surface area contributed by atoms with E-state index in [4.69, 9.17) is 11.6 Å². The lowest BCUT2D eigenvalue weighted by Gasteiger charge is -2.34.